The third-order valence-corrected chi connectivity index (χ3v) is 18.5. The van der Waals surface area contributed by atoms with Crippen molar-refractivity contribution >= 4 is 96.0 Å². The molecule has 0 saturated carbocycles. The third-order valence-electron chi connectivity index (χ3n) is 13.3. The summed E-state index contributed by atoms with van der Waals surface area (Å²) in [6.07, 6.45) is 0. The standard InChI is InChI=1S/4C17H16P.2ClH.2Ti/c4*1-18(2)15-11-14-9-6-10-16(17(14)12-15)13-7-4-3-5-8-13;;;;/h4*3-12H,1-2H3;2*1H;;/q4*-1;;;2*+2/p-2. The number of halogens is 2. The molecule has 0 atom stereocenters. The van der Waals surface area contributed by atoms with Crippen LogP contribution < -0.4 is 46.0 Å². The van der Waals surface area contributed by atoms with Crippen LogP contribution in [0, 0.1) is 0 Å². The number of hydrogen-bond acceptors (Lipinski definition) is 0. The molecule has 12 aromatic rings. The van der Waals surface area contributed by atoms with Gasteiger partial charge in [0.05, 0.1) is 0 Å². The van der Waals surface area contributed by atoms with Gasteiger partial charge in [-0.3, -0.25) is 0 Å². The number of benzene rings is 8. The zero-order valence-electron chi connectivity index (χ0n) is 44.6. The smallest absolute Gasteiger partial charge is 1.00 e. The number of fused-ring (bicyclic) bond motifs is 4. The summed E-state index contributed by atoms with van der Waals surface area (Å²) in [5.74, 6) is 0. The van der Waals surface area contributed by atoms with Gasteiger partial charge in [0.1, 0.15) is 0 Å². The molecule has 380 valence electrons. The van der Waals surface area contributed by atoms with Crippen molar-refractivity contribution in [3.63, 3.8) is 0 Å². The molecular formula is C68H64Cl2P4Ti2-2. The topological polar surface area (TPSA) is 0 Å². The van der Waals surface area contributed by atoms with E-state index in [-0.39, 0.29) is 99.9 Å². The van der Waals surface area contributed by atoms with Gasteiger partial charge in [-0.2, -0.15) is 24.3 Å². The quantitative estimate of drug-likeness (QED) is 0.0808. The molecule has 0 aromatic heterocycles. The van der Waals surface area contributed by atoms with Gasteiger partial charge in [0.25, 0.3) is 0 Å². The van der Waals surface area contributed by atoms with Crippen LogP contribution in [0.25, 0.3) is 87.6 Å². The predicted molar refractivity (Wildman–Crippen MR) is 334 cm³/mol. The molecule has 0 aliphatic heterocycles. The van der Waals surface area contributed by atoms with Gasteiger partial charge in [-0.05, 0) is 75.6 Å². The molecule has 0 aliphatic carbocycles. The van der Waals surface area contributed by atoms with E-state index in [4.69, 9.17) is 0 Å². The Balaban J connectivity index is 0.000000184. The molecule has 0 heterocycles. The van der Waals surface area contributed by atoms with E-state index in [0.29, 0.717) is 0 Å². The van der Waals surface area contributed by atoms with Gasteiger partial charge >= 0.3 is 43.4 Å². The Morgan fingerprint density at radius 1 is 0.237 bits per heavy atom. The first kappa shape index (κ1) is 62.8. The van der Waals surface area contributed by atoms with Gasteiger partial charge in [-0.25, -0.2) is 0 Å². The molecule has 76 heavy (non-hydrogen) atoms. The maximum absolute atomic E-state index is 2.36. The minimum absolute atomic E-state index is 0. The Hall–Kier alpha value is -4.07. The predicted octanol–water partition coefficient (Wildman–Crippen LogP) is 12.4. The van der Waals surface area contributed by atoms with Crippen LogP contribution in [0.15, 0.2) is 243 Å². The van der Waals surface area contributed by atoms with Gasteiger partial charge in [0.15, 0.2) is 0 Å². The average molecular weight is 1170 g/mol. The molecule has 0 radical (unpaired) electrons. The van der Waals surface area contributed by atoms with E-state index in [9.17, 15) is 0 Å². The van der Waals surface area contributed by atoms with E-state index in [1.165, 1.54) is 109 Å². The van der Waals surface area contributed by atoms with Crippen molar-refractivity contribution in [3.05, 3.63) is 243 Å². The average Bonchev–Trinajstić information content (AvgIpc) is 4.25. The van der Waals surface area contributed by atoms with Crippen LogP contribution in [0.2, 0.25) is 0 Å². The van der Waals surface area contributed by atoms with Crippen molar-refractivity contribution in [1.29, 1.82) is 0 Å². The molecule has 0 spiro atoms. The number of hydrogen-bond donors (Lipinski definition) is 0. The summed E-state index contributed by atoms with van der Waals surface area (Å²) < 4.78 is 0. The summed E-state index contributed by atoms with van der Waals surface area (Å²) in [5.41, 5.74) is 10.6. The minimum atomic E-state index is -0.0237. The van der Waals surface area contributed by atoms with Crippen LogP contribution >= 0.6 is 31.7 Å². The second-order valence-corrected chi connectivity index (χ2v) is 28.4. The maximum Gasteiger partial charge on any atom is 2.00 e. The zero-order valence-corrected chi connectivity index (χ0v) is 52.9. The van der Waals surface area contributed by atoms with Crippen LogP contribution in [0.1, 0.15) is 0 Å². The van der Waals surface area contributed by atoms with Crippen LogP contribution in [-0.4, -0.2) is 53.3 Å². The van der Waals surface area contributed by atoms with Crippen LogP contribution in [-0.2, 0) is 43.4 Å². The fraction of sp³-hybridized carbons (Fsp3) is 0.118. The summed E-state index contributed by atoms with van der Waals surface area (Å²) in [5, 5.41) is 16.9. The molecule has 0 saturated heterocycles. The van der Waals surface area contributed by atoms with E-state index in [0.717, 1.165) is 0 Å². The number of rotatable bonds is 8. The second-order valence-electron chi connectivity index (χ2n) is 19.1. The third kappa shape index (κ3) is 15.2. The first-order chi connectivity index (χ1) is 35.0. The molecule has 0 N–H and O–H groups in total. The Kier molecular flexibility index (Phi) is 24.6. The Labute approximate surface area is 500 Å². The summed E-state index contributed by atoms with van der Waals surface area (Å²) >= 11 is 0. The first-order valence-corrected chi connectivity index (χ1v) is 33.7. The van der Waals surface area contributed by atoms with E-state index < -0.39 is 0 Å². The van der Waals surface area contributed by atoms with Gasteiger partial charge in [0, 0.05) is 0 Å². The first-order valence-electron chi connectivity index (χ1n) is 24.7. The van der Waals surface area contributed by atoms with Gasteiger partial charge in [-0.15, -0.1) is 169 Å². The van der Waals surface area contributed by atoms with Crippen molar-refractivity contribution in [2.45, 2.75) is 0 Å². The molecule has 0 nitrogen and oxygen atoms in total. The molecular weight excluding hydrogens is 1110 g/mol. The summed E-state index contributed by atoms with van der Waals surface area (Å²) in [6.45, 7) is 18.5. The van der Waals surface area contributed by atoms with Crippen LogP contribution in [0.5, 0.6) is 0 Å². The summed E-state index contributed by atoms with van der Waals surface area (Å²) in [4.78, 5) is 0. The monoisotopic (exact) mass is 1170 g/mol. The van der Waals surface area contributed by atoms with Crippen molar-refractivity contribution in [2.24, 2.45) is 0 Å². The summed E-state index contributed by atoms with van der Waals surface area (Å²) in [6, 6.07) is 87.7. The maximum atomic E-state index is 2.36. The molecule has 0 amide bonds. The van der Waals surface area contributed by atoms with Crippen molar-refractivity contribution in [3.8, 4) is 44.5 Å². The Morgan fingerprint density at radius 3 is 0.592 bits per heavy atom. The fourth-order valence-electron chi connectivity index (χ4n) is 9.39. The van der Waals surface area contributed by atoms with Crippen LogP contribution in [0.4, 0.5) is 0 Å². The molecule has 0 unspecified atom stereocenters. The van der Waals surface area contributed by atoms with Crippen LogP contribution in [0.3, 0.4) is 0 Å². The summed E-state index contributed by atoms with van der Waals surface area (Å²) in [7, 11) is -0.0947. The van der Waals surface area contributed by atoms with Crippen molar-refractivity contribution in [2.75, 3.05) is 53.3 Å². The van der Waals surface area contributed by atoms with E-state index in [2.05, 4.69) is 296 Å². The molecule has 0 fully saturated rings. The fourth-order valence-corrected chi connectivity index (χ4v) is 12.5. The SMILES string of the molecule is CP(C)c1cc2c(-c3ccccc3)cccc2[cH-]1.CP(C)c1cc2c(-c3ccccc3)cccc2[cH-]1.CP(C)c1cc2c(-c3ccccc3)cccc2[cH-]1.CP(C)c1cc2c(-c3ccccc3)cccc2[cH-]1.[Cl-].[Cl-].[Ti+2].[Ti+2]. The molecule has 0 bridgehead atoms. The van der Waals surface area contributed by atoms with Gasteiger partial charge in [-0.1, -0.05) is 168 Å². The Bertz CT molecular complexity index is 3160. The minimum Gasteiger partial charge on any atom is -1.00 e. The zero-order chi connectivity index (χ0) is 50.1. The van der Waals surface area contributed by atoms with Gasteiger partial charge < -0.3 is 24.8 Å². The van der Waals surface area contributed by atoms with E-state index in [1.807, 2.05) is 0 Å². The molecule has 12 rings (SSSR count). The van der Waals surface area contributed by atoms with Crippen molar-refractivity contribution in [1.82, 2.24) is 0 Å². The largest absolute Gasteiger partial charge is 2.00 e. The second kappa shape index (κ2) is 29.8. The molecule has 0 aliphatic rings. The van der Waals surface area contributed by atoms with E-state index in [1.54, 1.807) is 0 Å². The van der Waals surface area contributed by atoms with Crippen molar-refractivity contribution < 1.29 is 68.2 Å². The van der Waals surface area contributed by atoms with Gasteiger partial charge in [0.2, 0.25) is 0 Å². The Morgan fingerprint density at radius 2 is 0.421 bits per heavy atom. The normalized spacial score (nSPS) is 10.7. The molecule has 8 heteroatoms. The molecule has 12 aromatic carbocycles. The van der Waals surface area contributed by atoms with E-state index >= 15 is 0 Å².